The number of para-hydroxylation sites is 2. The van der Waals surface area contributed by atoms with Gasteiger partial charge in [0.25, 0.3) is 0 Å². The number of sulfonamides is 1. The van der Waals surface area contributed by atoms with Crippen LogP contribution in [0.1, 0.15) is 26.3 Å². The first kappa shape index (κ1) is 26.2. The minimum absolute atomic E-state index is 0.270. The quantitative estimate of drug-likeness (QED) is 0.509. The van der Waals surface area contributed by atoms with E-state index in [-0.39, 0.29) is 18.1 Å². The molecule has 0 saturated heterocycles. The molecule has 1 atom stereocenters. The number of nitrogens with one attached hydrogen (secondary N) is 1. The van der Waals surface area contributed by atoms with Crippen molar-refractivity contribution >= 4 is 27.5 Å². The van der Waals surface area contributed by atoms with E-state index in [0.29, 0.717) is 25.3 Å². The van der Waals surface area contributed by atoms with Crippen molar-refractivity contribution in [3.05, 3.63) is 60.2 Å². The Kier molecular flexibility index (Phi) is 9.72. The number of ether oxygens (including phenoxy) is 1. The van der Waals surface area contributed by atoms with E-state index in [2.05, 4.69) is 5.32 Å². The number of hydrogen-bond donors (Lipinski definition) is 1. The van der Waals surface area contributed by atoms with Crippen LogP contribution in [0.2, 0.25) is 0 Å². The Balaban J connectivity index is 2.34. The van der Waals surface area contributed by atoms with Crippen molar-refractivity contribution in [3.8, 4) is 5.75 Å². The number of anilines is 1. The van der Waals surface area contributed by atoms with Gasteiger partial charge in [-0.1, -0.05) is 42.5 Å². The van der Waals surface area contributed by atoms with E-state index in [1.165, 1.54) is 4.90 Å². The van der Waals surface area contributed by atoms with Gasteiger partial charge in [0, 0.05) is 13.1 Å². The predicted molar refractivity (Wildman–Crippen MR) is 130 cm³/mol. The van der Waals surface area contributed by atoms with E-state index in [1.807, 2.05) is 30.3 Å². The Hall–Kier alpha value is -3.07. The average molecular weight is 476 g/mol. The maximum Gasteiger partial charge on any atom is 0.244 e. The topological polar surface area (TPSA) is 96.0 Å². The molecular formula is C24H33N3O5S. The van der Waals surface area contributed by atoms with Gasteiger partial charge in [-0.25, -0.2) is 8.42 Å². The molecule has 2 aromatic rings. The SMILES string of the molecule is CCNC(=O)C(C)N(CCc1ccccc1)C(=O)CN(c1ccccc1OCC)S(C)(=O)=O. The van der Waals surface area contributed by atoms with Crippen molar-refractivity contribution in [2.75, 3.05) is 36.8 Å². The maximum atomic E-state index is 13.4. The molecule has 2 aromatic carbocycles. The second-order valence-electron chi connectivity index (χ2n) is 7.56. The van der Waals surface area contributed by atoms with Crippen molar-refractivity contribution in [1.82, 2.24) is 10.2 Å². The number of carbonyl (C=O) groups excluding carboxylic acids is 2. The minimum Gasteiger partial charge on any atom is -0.492 e. The molecule has 8 nitrogen and oxygen atoms in total. The standard InChI is InChI=1S/C24H33N3O5S/c1-5-25-24(29)19(3)26(17-16-20-12-8-7-9-13-20)23(28)18-27(33(4,30)31)21-14-10-11-15-22(21)32-6-2/h7-15,19H,5-6,16-18H2,1-4H3,(H,25,29). The van der Waals surface area contributed by atoms with Crippen molar-refractivity contribution < 1.29 is 22.7 Å². The summed E-state index contributed by atoms with van der Waals surface area (Å²) in [5, 5.41) is 2.74. The Labute approximate surface area is 196 Å². The van der Waals surface area contributed by atoms with Crippen molar-refractivity contribution in [2.24, 2.45) is 0 Å². The first-order chi connectivity index (χ1) is 15.7. The normalized spacial score (nSPS) is 12.0. The highest BCUT2D eigenvalue weighted by Crippen LogP contribution is 2.30. The van der Waals surface area contributed by atoms with Crippen molar-refractivity contribution in [2.45, 2.75) is 33.2 Å². The summed E-state index contributed by atoms with van der Waals surface area (Å²) >= 11 is 0. The van der Waals surface area contributed by atoms with Gasteiger partial charge in [0.15, 0.2) is 0 Å². The molecule has 0 aliphatic heterocycles. The fraction of sp³-hybridized carbons (Fsp3) is 0.417. The van der Waals surface area contributed by atoms with Crippen LogP contribution in [0.5, 0.6) is 5.75 Å². The lowest BCUT2D eigenvalue weighted by molar-refractivity contribution is -0.138. The zero-order valence-electron chi connectivity index (χ0n) is 19.7. The maximum absolute atomic E-state index is 13.4. The molecule has 2 amide bonds. The van der Waals surface area contributed by atoms with E-state index >= 15 is 0 Å². The van der Waals surface area contributed by atoms with E-state index < -0.39 is 28.5 Å². The number of benzene rings is 2. The molecule has 0 aromatic heterocycles. The van der Waals surface area contributed by atoms with Crippen LogP contribution in [0.15, 0.2) is 54.6 Å². The van der Waals surface area contributed by atoms with Crippen LogP contribution in [0.3, 0.4) is 0 Å². The van der Waals surface area contributed by atoms with E-state index in [9.17, 15) is 18.0 Å². The number of carbonyl (C=O) groups is 2. The minimum atomic E-state index is -3.81. The van der Waals surface area contributed by atoms with Gasteiger partial charge in [-0.15, -0.1) is 0 Å². The predicted octanol–water partition coefficient (Wildman–Crippen LogP) is 2.45. The molecule has 0 aliphatic carbocycles. The summed E-state index contributed by atoms with van der Waals surface area (Å²) < 4.78 is 31.9. The third-order valence-electron chi connectivity index (χ3n) is 5.12. The van der Waals surface area contributed by atoms with Gasteiger partial charge in [-0.3, -0.25) is 13.9 Å². The van der Waals surface area contributed by atoms with Crippen LogP contribution < -0.4 is 14.4 Å². The second-order valence-corrected chi connectivity index (χ2v) is 9.47. The van der Waals surface area contributed by atoms with E-state index in [1.54, 1.807) is 45.0 Å². The fourth-order valence-electron chi connectivity index (χ4n) is 3.43. The summed E-state index contributed by atoms with van der Waals surface area (Å²) in [6.45, 7) is 5.85. The lowest BCUT2D eigenvalue weighted by atomic mass is 10.1. The number of rotatable bonds is 12. The Morgan fingerprint density at radius 2 is 1.67 bits per heavy atom. The fourth-order valence-corrected chi connectivity index (χ4v) is 4.28. The van der Waals surface area contributed by atoms with E-state index in [4.69, 9.17) is 4.74 Å². The molecule has 0 aliphatic rings. The number of nitrogens with zero attached hydrogens (tertiary/aromatic N) is 2. The average Bonchev–Trinajstić information content (AvgIpc) is 2.78. The molecule has 0 heterocycles. The van der Waals surface area contributed by atoms with Crippen LogP contribution in [0.25, 0.3) is 0 Å². The molecule has 1 N–H and O–H groups in total. The summed E-state index contributed by atoms with van der Waals surface area (Å²) in [5.41, 5.74) is 1.30. The molecule has 1 unspecified atom stereocenters. The smallest absolute Gasteiger partial charge is 0.244 e. The lowest BCUT2D eigenvalue weighted by Gasteiger charge is -2.31. The van der Waals surface area contributed by atoms with Gasteiger partial charge in [0.1, 0.15) is 18.3 Å². The first-order valence-electron chi connectivity index (χ1n) is 11.0. The number of amides is 2. The first-order valence-corrected chi connectivity index (χ1v) is 12.8. The van der Waals surface area contributed by atoms with Gasteiger partial charge in [-0.05, 0) is 44.9 Å². The third-order valence-corrected chi connectivity index (χ3v) is 6.24. The lowest BCUT2D eigenvalue weighted by Crippen LogP contribution is -2.52. The Morgan fingerprint density at radius 1 is 1.03 bits per heavy atom. The van der Waals surface area contributed by atoms with Crippen LogP contribution in [-0.2, 0) is 26.0 Å². The molecule has 0 fully saturated rings. The van der Waals surface area contributed by atoms with Gasteiger partial charge in [-0.2, -0.15) is 0 Å². The highest BCUT2D eigenvalue weighted by molar-refractivity contribution is 7.92. The second kappa shape index (κ2) is 12.2. The molecule has 0 saturated carbocycles. The zero-order valence-corrected chi connectivity index (χ0v) is 20.5. The molecule has 0 radical (unpaired) electrons. The van der Waals surface area contributed by atoms with Crippen molar-refractivity contribution in [1.29, 1.82) is 0 Å². The number of likely N-dealkylation sites (N-methyl/N-ethyl adjacent to an activating group) is 1. The highest BCUT2D eigenvalue weighted by Gasteiger charge is 2.30. The van der Waals surface area contributed by atoms with Crippen molar-refractivity contribution in [3.63, 3.8) is 0 Å². The van der Waals surface area contributed by atoms with Crippen LogP contribution in [0, 0.1) is 0 Å². The van der Waals surface area contributed by atoms with Crippen LogP contribution >= 0.6 is 0 Å². The Morgan fingerprint density at radius 3 is 2.27 bits per heavy atom. The molecule has 33 heavy (non-hydrogen) atoms. The largest absolute Gasteiger partial charge is 0.492 e. The molecule has 180 valence electrons. The summed E-state index contributed by atoms with van der Waals surface area (Å²) in [5.74, 6) is -0.397. The van der Waals surface area contributed by atoms with Gasteiger partial charge < -0.3 is 15.0 Å². The van der Waals surface area contributed by atoms with Crippen LogP contribution in [0.4, 0.5) is 5.69 Å². The molecule has 9 heteroatoms. The summed E-state index contributed by atoms with van der Waals surface area (Å²) in [6.07, 6.45) is 1.58. The Bertz CT molecular complexity index is 1030. The van der Waals surface area contributed by atoms with E-state index in [0.717, 1.165) is 16.1 Å². The van der Waals surface area contributed by atoms with Gasteiger partial charge in [0.05, 0.1) is 18.6 Å². The van der Waals surface area contributed by atoms with Gasteiger partial charge >= 0.3 is 0 Å². The molecule has 0 bridgehead atoms. The summed E-state index contributed by atoms with van der Waals surface area (Å²) in [4.78, 5) is 27.4. The summed E-state index contributed by atoms with van der Waals surface area (Å²) in [6, 6.07) is 15.5. The monoisotopic (exact) mass is 475 g/mol. The highest BCUT2D eigenvalue weighted by atomic mass is 32.2. The summed E-state index contributed by atoms with van der Waals surface area (Å²) in [7, 11) is -3.81. The van der Waals surface area contributed by atoms with Crippen LogP contribution in [-0.4, -0.2) is 63.7 Å². The van der Waals surface area contributed by atoms with Gasteiger partial charge in [0.2, 0.25) is 21.8 Å². The third kappa shape index (κ3) is 7.49. The zero-order chi connectivity index (χ0) is 24.4. The molecule has 0 spiro atoms. The molecular weight excluding hydrogens is 442 g/mol. The molecule has 2 rings (SSSR count). The number of hydrogen-bond acceptors (Lipinski definition) is 5.